The number of aryl methyl sites for hydroxylation is 3. The molecule has 2 N–H and O–H groups in total. The Morgan fingerprint density at radius 3 is 2.50 bits per heavy atom. The van der Waals surface area contributed by atoms with E-state index in [1.807, 2.05) is 38.1 Å². The summed E-state index contributed by atoms with van der Waals surface area (Å²) in [6.07, 6.45) is 0. The Morgan fingerprint density at radius 1 is 1.06 bits per heavy atom. The number of nitrogens with zero attached hydrogens (tertiary/aromatic N) is 2. The Labute approximate surface area is 107 Å². The van der Waals surface area contributed by atoms with E-state index in [1.165, 1.54) is 11.1 Å². The normalized spacial score (nSPS) is 10.4. The Balaban J connectivity index is 2.27. The van der Waals surface area contributed by atoms with Crippen molar-refractivity contribution in [3.63, 3.8) is 0 Å². The van der Waals surface area contributed by atoms with Crippen LogP contribution in [0.2, 0.25) is 0 Å². The van der Waals surface area contributed by atoms with Gasteiger partial charge in [0.05, 0.1) is 5.69 Å². The molecule has 0 bridgehead atoms. The van der Waals surface area contributed by atoms with E-state index in [4.69, 9.17) is 10.5 Å². The number of hydrogen-bond donors (Lipinski definition) is 1. The van der Waals surface area contributed by atoms with E-state index >= 15 is 0 Å². The van der Waals surface area contributed by atoms with Gasteiger partial charge in [-0.2, -0.15) is 4.98 Å². The summed E-state index contributed by atoms with van der Waals surface area (Å²) in [6, 6.07) is 8.11. The van der Waals surface area contributed by atoms with Crippen LogP contribution in [-0.2, 0) is 6.54 Å². The van der Waals surface area contributed by atoms with Crippen molar-refractivity contribution >= 4 is 0 Å². The molecule has 2 aromatic rings. The van der Waals surface area contributed by atoms with Crippen LogP contribution in [0.25, 0.3) is 0 Å². The quantitative estimate of drug-likeness (QED) is 0.900. The molecule has 0 radical (unpaired) electrons. The number of hydrogen-bond acceptors (Lipinski definition) is 4. The van der Waals surface area contributed by atoms with E-state index in [0.29, 0.717) is 12.6 Å². The van der Waals surface area contributed by atoms with Gasteiger partial charge < -0.3 is 10.5 Å². The first-order chi connectivity index (χ1) is 8.58. The first kappa shape index (κ1) is 12.5. The van der Waals surface area contributed by atoms with Gasteiger partial charge in [-0.1, -0.05) is 6.07 Å². The van der Waals surface area contributed by atoms with Crippen molar-refractivity contribution < 1.29 is 4.74 Å². The molecule has 4 nitrogen and oxygen atoms in total. The number of ether oxygens (including phenoxy) is 1. The van der Waals surface area contributed by atoms with E-state index in [1.54, 1.807) is 0 Å². The van der Waals surface area contributed by atoms with Crippen LogP contribution < -0.4 is 10.5 Å². The zero-order valence-electron chi connectivity index (χ0n) is 10.9. The van der Waals surface area contributed by atoms with E-state index in [-0.39, 0.29) is 0 Å². The molecular formula is C14H17N3O. The minimum absolute atomic E-state index is 0.346. The van der Waals surface area contributed by atoms with Crippen molar-refractivity contribution in [3.05, 3.63) is 46.8 Å². The summed E-state index contributed by atoms with van der Waals surface area (Å²) in [4.78, 5) is 8.48. The molecule has 0 saturated heterocycles. The zero-order chi connectivity index (χ0) is 13.1. The summed E-state index contributed by atoms with van der Waals surface area (Å²) in [6.45, 7) is 6.39. The lowest BCUT2D eigenvalue weighted by Gasteiger charge is -2.08. The molecule has 0 amide bonds. The van der Waals surface area contributed by atoms with Crippen LogP contribution in [0.5, 0.6) is 11.8 Å². The molecule has 1 heterocycles. The fourth-order valence-corrected chi connectivity index (χ4v) is 1.64. The Hall–Kier alpha value is -1.94. The Kier molecular flexibility index (Phi) is 3.58. The second kappa shape index (κ2) is 5.14. The number of aromatic nitrogens is 2. The van der Waals surface area contributed by atoms with Gasteiger partial charge >= 0.3 is 6.01 Å². The standard InChI is InChI=1S/C14H17N3O/c1-9-4-5-13(6-10(9)2)18-14-16-11(3)7-12(8-15)17-14/h4-7H,8,15H2,1-3H3. The lowest BCUT2D eigenvalue weighted by atomic mass is 10.1. The molecule has 0 unspecified atom stereocenters. The first-order valence-corrected chi connectivity index (χ1v) is 5.88. The lowest BCUT2D eigenvalue weighted by Crippen LogP contribution is -2.03. The van der Waals surface area contributed by atoms with Gasteiger partial charge in [0.2, 0.25) is 0 Å². The van der Waals surface area contributed by atoms with Crippen LogP contribution in [0, 0.1) is 20.8 Å². The van der Waals surface area contributed by atoms with Crippen LogP contribution >= 0.6 is 0 Å². The monoisotopic (exact) mass is 243 g/mol. The summed E-state index contributed by atoms with van der Waals surface area (Å²) in [5.74, 6) is 0.742. The molecule has 1 aromatic heterocycles. The summed E-state index contributed by atoms with van der Waals surface area (Å²) < 4.78 is 5.66. The molecule has 0 aliphatic carbocycles. The number of benzene rings is 1. The molecule has 0 spiro atoms. The molecule has 0 atom stereocenters. The van der Waals surface area contributed by atoms with Crippen molar-refractivity contribution in [3.8, 4) is 11.8 Å². The third-order valence-electron chi connectivity index (χ3n) is 2.78. The van der Waals surface area contributed by atoms with Crippen molar-refractivity contribution in [1.82, 2.24) is 9.97 Å². The highest BCUT2D eigenvalue weighted by Gasteiger charge is 2.04. The molecule has 0 aliphatic rings. The fraction of sp³-hybridized carbons (Fsp3) is 0.286. The maximum atomic E-state index is 5.66. The predicted octanol–water partition coefficient (Wildman–Crippen LogP) is 2.65. The van der Waals surface area contributed by atoms with Crippen LogP contribution in [0.1, 0.15) is 22.5 Å². The van der Waals surface area contributed by atoms with E-state index in [0.717, 1.165) is 17.1 Å². The van der Waals surface area contributed by atoms with Gasteiger partial charge in [-0.05, 0) is 50.1 Å². The Bertz CT molecular complexity index is 567. The molecule has 0 saturated carbocycles. The number of nitrogens with two attached hydrogens (primary N) is 1. The minimum Gasteiger partial charge on any atom is -0.424 e. The molecule has 94 valence electrons. The summed E-state index contributed by atoms with van der Waals surface area (Å²) >= 11 is 0. The van der Waals surface area contributed by atoms with E-state index in [2.05, 4.69) is 16.9 Å². The molecule has 0 aliphatic heterocycles. The number of rotatable bonds is 3. The molecular weight excluding hydrogens is 226 g/mol. The van der Waals surface area contributed by atoms with E-state index < -0.39 is 0 Å². The molecule has 0 fully saturated rings. The van der Waals surface area contributed by atoms with Gasteiger partial charge in [-0.25, -0.2) is 4.98 Å². The van der Waals surface area contributed by atoms with Crippen molar-refractivity contribution in [2.45, 2.75) is 27.3 Å². The minimum atomic E-state index is 0.346. The van der Waals surface area contributed by atoms with Crippen molar-refractivity contribution in [2.75, 3.05) is 0 Å². The van der Waals surface area contributed by atoms with Crippen molar-refractivity contribution in [1.29, 1.82) is 0 Å². The topological polar surface area (TPSA) is 61.0 Å². The van der Waals surface area contributed by atoms with Gasteiger partial charge in [0.1, 0.15) is 5.75 Å². The second-order valence-electron chi connectivity index (χ2n) is 4.34. The van der Waals surface area contributed by atoms with Gasteiger partial charge in [-0.3, -0.25) is 0 Å². The largest absolute Gasteiger partial charge is 0.424 e. The van der Waals surface area contributed by atoms with Gasteiger partial charge in [0.25, 0.3) is 0 Å². The van der Waals surface area contributed by atoms with Crippen LogP contribution in [0.3, 0.4) is 0 Å². The van der Waals surface area contributed by atoms with Crippen molar-refractivity contribution in [2.24, 2.45) is 5.73 Å². The third kappa shape index (κ3) is 2.84. The maximum Gasteiger partial charge on any atom is 0.322 e. The molecule has 4 heteroatoms. The van der Waals surface area contributed by atoms with E-state index in [9.17, 15) is 0 Å². The zero-order valence-corrected chi connectivity index (χ0v) is 10.9. The second-order valence-corrected chi connectivity index (χ2v) is 4.34. The fourth-order valence-electron chi connectivity index (χ4n) is 1.64. The third-order valence-corrected chi connectivity index (χ3v) is 2.78. The SMILES string of the molecule is Cc1cc(CN)nc(Oc2ccc(C)c(C)c2)n1. The average molecular weight is 243 g/mol. The summed E-state index contributed by atoms with van der Waals surface area (Å²) in [5, 5.41) is 0. The van der Waals surface area contributed by atoms with Crippen LogP contribution in [0.4, 0.5) is 0 Å². The summed E-state index contributed by atoms with van der Waals surface area (Å²) in [7, 11) is 0. The highest BCUT2D eigenvalue weighted by atomic mass is 16.5. The highest BCUT2D eigenvalue weighted by Crippen LogP contribution is 2.21. The van der Waals surface area contributed by atoms with Gasteiger partial charge in [0.15, 0.2) is 0 Å². The highest BCUT2D eigenvalue weighted by molar-refractivity contribution is 5.35. The Morgan fingerprint density at radius 2 is 1.83 bits per heavy atom. The first-order valence-electron chi connectivity index (χ1n) is 5.88. The van der Waals surface area contributed by atoms with Gasteiger partial charge in [0, 0.05) is 12.2 Å². The lowest BCUT2D eigenvalue weighted by molar-refractivity contribution is 0.437. The van der Waals surface area contributed by atoms with Crippen LogP contribution in [-0.4, -0.2) is 9.97 Å². The summed E-state index contributed by atoms with van der Waals surface area (Å²) in [5.41, 5.74) is 9.62. The van der Waals surface area contributed by atoms with Crippen LogP contribution in [0.15, 0.2) is 24.3 Å². The van der Waals surface area contributed by atoms with Gasteiger partial charge in [-0.15, -0.1) is 0 Å². The maximum absolute atomic E-state index is 5.66. The predicted molar refractivity (Wildman–Crippen MR) is 70.7 cm³/mol. The molecule has 18 heavy (non-hydrogen) atoms. The molecule has 2 rings (SSSR count). The molecule has 1 aromatic carbocycles. The smallest absolute Gasteiger partial charge is 0.322 e. The average Bonchev–Trinajstić information content (AvgIpc) is 2.33.